The third-order valence-electron chi connectivity index (χ3n) is 4.14. The molecule has 0 aromatic carbocycles. The van der Waals surface area contributed by atoms with Crippen molar-refractivity contribution in [2.45, 2.75) is 51.5 Å². The highest BCUT2D eigenvalue weighted by Crippen LogP contribution is 2.20. The second-order valence-corrected chi connectivity index (χ2v) is 5.39. The number of nitrogens with zero attached hydrogens (tertiary/aromatic N) is 1. The van der Waals surface area contributed by atoms with E-state index >= 15 is 0 Å². The SMILES string of the molecule is CC1CCCCCN1CC1CCNCC1.Cl. The van der Waals surface area contributed by atoms with Crippen molar-refractivity contribution in [2.24, 2.45) is 5.92 Å². The van der Waals surface area contributed by atoms with Crippen LogP contribution in [0.4, 0.5) is 0 Å². The Morgan fingerprint density at radius 2 is 1.81 bits per heavy atom. The van der Waals surface area contributed by atoms with E-state index < -0.39 is 0 Å². The molecular weight excluding hydrogens is 220 g/mol. The third-order valence-corrected chi connectivity index (χ3v) is 4.14. The van der Waals surface area contributed by atoms with Crippen molar-refractivity contribution in [3.8, 4) is 0 Å². The maximum absolute atomic E-state index is 3.46. The Morgan fingerprint density at radius 3 is 2.56 bits per heavy atom. The van der Waals surface area contributed by atoms with Gasteiger partial charge < -0.3 is 10.2 Å². The first kappa shape index (κ1) is 14.3. The van der Waals surface area contributed by atoms with Gasteiger partial charge >= 0.3 is 0 Å². The van der Waals surface area contributed by atoms with E-state index in [0.717, 1.165) is 12.0 Å². The van der Waals surface area contributed by atoms with E-state index in [2.05, 4.69) is 17.1 Å². The topological polar surface area (TPSA) is 15.3 Å². The van der Waals surface area contributed by atoms with Gasteiger partial charge in [0.15, 0.2) is 0 Å². The van der Waals surface area contributed by atoms with Gasteiger partial charge in [-0.05, 0) is 58.2 Å². The lowest BCUT2D eigenvalue weighted by Crippen LogP contribution is -2.40. The summed E-state index contributed by atoms with van der Waals surface area (Å²) in [5.41, 5.74) is 0. The Kier molecular flexibility index (Phi) is 6.71. The standard InChI is InChI=1S/C13H26N2.ClH/c1-12-5-3-2-4-10-15(12)11-13-6-8-14-9-7-13;/h12-14H,2-11H2,1H3;1H. The normalized spacial score (nSPS) is 29.4. The number of halogens is 1. The van der Waals surface area contributed by atoms with Gasteiger partial charge in [0.05, 0.1) is 0 Å². The summed E-state index contributed by atoms with van der Waals surface area (Å²) in [6, 6.07) is 0.836. The van der Waals surface area contributed by atoms with Gasteiger partial charge in [-0.2, -0.15) is 0 Å². The highest BCUT2D eigenvalue weighted by molar-refractivity contribution is 5.85. The van der Waals surface area contributed by atoms with Crippen LogP contribution in [-0.2, 0) is 0 Å². The van der Waals surface area contributed by atoms with Crippen LogP contribution in [0.2, 0.25) is 0 Å². The molecule has 0 spiro atoms. The molecule has 2 saturated heterocycles. The molecule has 2 fully saturated rings. The van der Waals surface area contributed by atoms with Gasteiger partial charge in [0.2, 0.25) is 0 Å². The molecule has 96 valence electrons. The molecule has 2 rings (SSSR count). The van der Waals surface area contributed by atoms with E-state index in [1.165, 1.54) is 64.7 Å². The van der Waals surface area contributed by atoms with Gasteiger partial charge in [-0.25, -0.2) is 0 Å². The first-order valence-electron chi connectivity index (χ1n) is 6.81. The summed E-state index contributed by atoms with van der Waals surface area (Å²) in [7, 11) is 0. The maximum Gasteiger partial charge on any atom is 0.00670 e. The summed E-state index contributed by atoms with van der Waals surface area (Å²) >= 11 is 0. The molecule has 2 aliphatic rings. The van der Waals surface area contributed by atoms with Crippen molar-refractivity contribution in [3.63, 3.8) is 0 Å². The predicted molar refractivity (Wildman–Crippen MR) is 72.3 cm³/mol. The number of piperidine rings is 1. The molecular formula is C13H27ClN2. The van der Waals surface area contributed by atoms with Crippen LogP contribution in [0.15, 0.2) is 0 Å². The Labute approximate surface area is 107 Å². The number of rotatable bonds is 2. The average molecular weight is 247 g/mol. The zero-order chi connectivity index (χ0) is 10.5. The molecule has 0 saturated carbocycles. The minimum Gasteiger partial charge on any atom is -0.317 e. The third kappa shape index (κ3) is 4.23. The number of nitrogens with one attached hydrogen (secondary N) is 1. The lowest BCUT2D eigenvalue weighted by molar-refractivity contribution is 0.164. The maximum atomic E-state index is 3.46. The summed E-state index contributed by atoms with van der Waals surface area (Å²) in [6.45, 7) is 7.63. The zero-order valence-corrected chi connectivity index (χ0v) is 11.4. The van der Waals surface area contributed by atoms with Crippen LogP contribution in [0.1, 0.15) is 45.4 Å². The van der Waals surface area contributed by atoms with E-state index in [1.807, 2.05) is 0 Å². The van der Waals surface area contributed by atoms with Crippen LogP contribution < -0.4 is 5.32 Å². The van der Waals surface area contributed by atoms with Crippen LogP contribution in [0.5, 0.6) is 0 Å². The average Bonchev–Trinajstić information content (AvgIpc) is 2.46. The van der Waals surface area contributed by atoms with Gasteiger partial charge in [-0.3, -0.25) is 0 Å². The monoisotopic (exact) mass is 246 g/mol. The van der Waals surface area contributed by atoms with Gasteiger partial charge in [0.1, 0.15) is 0 Å². The van der Waals surface area contributed by atoms with Crippen molar-refractivity contribution in [1.82, 2.24) is 10.2 Å². The van der Waals surface area contributed by atoms with Crippen molar-refractivity contribution in [2.75, 3.05) is 26.2 Å². The molecule has 1 unspecified atom stereocenters. The van der Waals surface area contributed by atoms with Gasteiger partial charge in [-0.1, -0.05) is 12.8 Å². The highest BCUT2D eigenvalue weighted by atomic mass is 35.5. The second kappa shape index (κ2) is 7.52. The zero-order valence-electron chi connectivity index (χ0n) is 10.6. The molecule has 0 bridgehead atoms. The largest absolute Gasteiger partial charge is 0.317 e. The van der Waals surface area contributed by atoms with E-state index in [1.54, 1.807) is 0 Å². The molecule has 1 N–H and O–H groups in total. The molecule has 0 amide bonds. The Morgan fingerprint density at radius 1 is 1.06 bits per heavy atom. The summed E-state index contributed by atoms with van der Waals surface area (Å²) < 4.78 is 0. The van der Waals surface area contributed by atoms with E-state index in [-0.39, 0.29) is 12.4 Å². The predicted octanol–water partition coefficient (Wildman–Crippen LogP) is 2.67. The van der Waals surface area contributed by atoms with Crippen LogP contribution in [-0.4, -0.2) is 37.1 Å². The summed E-state index contributed by atoms with van der Waals surface area (Å²) in [5.74, 6) is 0.965. The fraction of sp³-hybridized carbons (Fsp3) is 1.00. The van der Waals surface area contributed by atoms with E-state index in [0.29, 0.717) is 0 Å². The summed E-state index contributed by atoms with van der Waals surface area (Å²) in [6.07, 6.45) is 8.53. The van der Waals surface area contributed by atoms with Crippen molar-refractivity contribution < 1.29 is 0 Å². The minimum atomic E-state index is 0. The Bertz CT molecular complexity index is 181. The van der Waals surface area contributed by atoms with Crippen LogP contribution in [0.3, 0.4) is 0 Å². The lowest BCUT2D eigenvalue weighted by Gasteiger charge is -2.33. The number of likely N-dealkylation sites (tertiary alicyclic amines) is 1. The number of hydrogen-bond acceptors (Lipinski definition) is 2. The first-order valence-corrected chi connectivity index (χ1v) is 6.81. The number of hydrogen-bond donors (Lipinski definition) is 1. The van der Waals surface area contributed by atoms with E-state index in [9.17, 15) is 0 Å². The minimum absolute atomic E-state index is 0. The fourth-order valence-corrected chi connectivity index (χ4v) is 3.00. The van der Waals surface area contributed by atoms with Crippen LogP contribution in [0.25, 0.3) is 0 Å². The van der Waals surface area contributed by atoms with Crippen LogP contribution >= 0.6 is 12.4 Å². The Balaban J connectivity index is 0.00000128. The molecule has 2 nitrogen and oxygen atoms in total. The van der Waals surface area contributed by atoms with Gasteiger partial charge in [0.25, 0.3) is 0 Å². The lowest BCUT2D eigenvalue weighted by atomic mass is 9.97. The smallest absolute Gasteiger partial charge is 0.00670 e. The van der Waals surface area contributed by atoms with Crippen molar-refractivity contribution in [1.29, 1.82) is 0 Å². The summed E-state index contributed by atoms with van der Waals surface area (Å²) in [5, 5.41) is 3.46. The van der Waals surface area contributed by atoms with Crippen LogP contribution in [0, 0.1) is 5.92 Å². The summed E-state index contributed by atoms with van der Waals surface area (Å²) in [4.78, 5) is 2.75. The second-order valence-electron chi connectivity index (χ2n) is 5.39. The van der Waals surface area contributed by atoms with Gasteiger partial charge in [0, 0.05) is 12.6 Å². The van der Waals surface area contributed by atoms with Crippen molar-refractivity contribution in [3.05, 3.63) is 0 Å². The molecule has 0 aromatic heterocycles. The molecule has 2 heterocycles. The molecule has 2 aliphatic heterocycles. The molecule has 0 aromatic rings. The van der Waals surface area contributed by atoms with Crippen molar-refractivity contribution >= 4 is 12.4 Å². The Hall–Kier alpha value is 0.210. The first-order chi connectivity index (χ1) is 7.36. The van der Waals surface area contributed by atoms with E-state index in [4.69, 9.17) is 0 Å². The highest BCUT2D eigenvalue weighted by Gasteiger charge is 2.21. The molecule has 0 aliphatic carbocycles. The molecule has 16 heavy (non-hydrogen) atoms. The molecule has 0 radical (unpaired) electrons. The fourth-order valence-electron chi connectivity index (χ4n) is 3.00. The quantitative estimate of drug-likeness (QED) is 0.806. The molecule has 1 atom stereocenters. The van der Waals surface area contributed by atoms with Gasteiger partial charge in [-0.15, -0.1) is 12.4 Å². The molecule has 3 heteroatoms.